The van der Waals surface area contributed by atoms with E-state index in [2.05, 4.69) is 125 Å². The molecule has 0 rings (SSSR count). The molecule has 0 aliphatic heterocycles. The topological polar surface area (TPSA) is 17.1 Å². The Kier molecular flexibility index (Phi) is 64.7. The number of hydrogen-bond donors (Lipinski definition) is 0. The molecule has 0 spiro atoms. The molecule has 0 aromatic rings. The summed E-state index contributed by atoms with van der Waals surface area (Å²) in [6.45, 7) is 9.12. The van der Waals surface area contributed by atoms with Crippen molar-refractivity contribution in [1.82, 2.24) is 0 Å². The van der Waals surface area contributed by atoms with Gasteiger partial charge in [0.05, 0.1) is 0 Å². The first-order valence-corrected chi connectivity index (χ1v) is 34.4. The van der Waals surface area contributed by atoms with Crippen LogP contribution in [0.3, 0.4) is 0 Å². The molecule has 0 unspecified atom stereocenters. The number of carbonyl (C=O) groups is 1. The maximum Gasteiger partial charge on any atom is 0.139 e. The molecule has 0 saturated heterocycles. The predicted octanol–water partition coefficient (Wildman–Crippen LogP) is 26.6. The summed E-state index contributed by atoms with van der Waals surface area (Å²) in [6, 6.07) is 0. The van der Waals surface area contributed by atoms with Gasteiger partial charge < -0.3 is 0 Å². The lowest BCUT2D eigenvalue weighted by Crippen LogP contribution is -2.24. The normalized spacial score (nSPS) is 12.7. The van der Waals surface area contributed by atoms with Gasteiger partial charge in [0, 0.05) is 11.8 Å². The lowest BCUT2D eigenvalue weighted by atomic mass is 9.80. The Morgan fingerprint density at radius 2 is 0.368 bits per heavy atom. The van der Waals surface area contributed by atoms with Gasteiger partial charge in [-0.2, -0.15) is 0 Å². The zero-order valence-electron chi connectivity index (χ0n) is 52.1. The fourth-order valence-corrected chi connectivity index (χ4v) is 10.7. The van der Waals surface area contributed by atoms with Gasteiger partial charge in [0.25, 0.3) is 0 Å². The van der Waals surface area contributed by atoms with E-state index in [0.717, 1.165) is 51.4 Å². The van der Waals surface area contributed by atoms with Crippen LogP contribution in [0.15, 0.2) is 97.2 Å². The minimum absolute atomic E-state index is 0.288. The van der Waals surface area contributed by atoms with Crippen LogP contribution >= 0.6 is 0 Å². The molecule has 0 heterocycles. The summed E-state index contributed by atoms with van der Waals surface area (Å²) in [5.41, 5.74) is 0. The number of carbonyl (C=O) groups excluding carboxylic acids is 1. The van der Waals surface area contributed by atoms with Gasteiger partial charge in [-0.25, -0.2) is 0 Å². The van der Waals surface area contributed by atoms with Crippen LogP contribution in [0.2, 0.25) is 0 Å². The quantitative estimate of drug-likeness (QED) is 0.0438. The predicted molar refractivity (Wildman–Crippen MR) is 348 cm³/mol. The number of Topliss-reactive ketones (excluding diaryl/α,β-unsaturated/α-hetero) is 1. The first-order chi connectivity index (χ1) is 37.7. The second-order valence-corrected chi connectivity index (χ2v) is 23.3. The third kappa shape index (κ3) is 59.3. The molecule has 0 amide bonds. The molecule has 0 fully saturated rings. The van der Waals surface area contributed by atoms with Gasteiger partial charge in [-0.15, -0.1) is 0 Å². The van der Waals surface area contributed by atoms with E-state index in [1.54, 1.807) is 0 Å². The summed E-state index contributed by atoms with van der Waals surface area (Å²) >= 11 is 0. The minimum atomic E-state index is 0.288. The number of ketones is 1. The zero-order valence-corrected chi connectivity index (χ0v) is 52.1. The Hall–Kier alpha value is -2.41. The van der Waals surface area contributed by atoms with Crippen molar-refractivity contribution < 1.29 is 4.79 Å². The second kappa shape index (κ2) is 66.9. The molecule has 1 heteroatoms. The molecule has 76 heavy (non-hydrogen) atoms. The highest BCUT2D eigenvalue weighted by Crippen LogP contribution is 2.29. The number of hydrogen-bond acceptors (Lipinski definition) is 1. The third-order valence-corrected chi connectivity index (χ3v) is 15.8. The van der Waals surface area contributed by atoms with Crippen LogP contribution in [0, 0.1) is 11.8 Å². The molecular weight excluding hydrogens is 917 g/mol. The van der Waals surface area contributed by atoms with Crippen molar-refractivity contribution in [2.75, 3.05) is 0 Å². The van der Waals surface area contributed by atoms with Gasteiger partial charge >= 0.3 is 0 Å². The van der Waals surface area contributed by atoms with Crippen LogP contribution in [0.5, 0.6) is 0 Å². The number of unbranched alkanes of at least 4 members (excludes halogenated alkanes) is 36. The minimum Gasteiger partial charge on any atom is -0.299 e. The van der Waals surface area contributed by atoms with E-state index in [0.29, 0.717) is 5.78 Å². The van der Waals surface area contributed by atoms with E-state index in [1.807, 2.05) is 0 Å². The molecular formula is C75H134O. The van der Waals surface area contributed by atoms with E-state index in [-0.39, 0.29) is 11.8 Å². The van der Waals surface area contributed by atoms with Crippen molar-refractivity contribution in [3.63, 3.8) is 0 Å². The molecule has 0 aliphatic carbocycles. The first-order valence-electron chi connectivity index (χ1n) is 34.4. The van der Waals surface area contributed by atoms with Crippen LogP contribution in [0.25, 0.3) is 0 Å². The lowest BCUT2D eigenvalue weighted by Gasteiger charge is -2.23. The largest absolute Gasteiger partial charge is 0.299 e. The molecule has 0 saturated carbocycles. The van der Waals surface area contributed by atoms with Crippen molar-refractivity contribution in [2.45, 2.75) is 362 Å². The monoisotopic (exact) mass is 1050 g/mol. The van der Waals surface area contributed by atoms with Crippen molar-refractivity contribution in [1.29, 1.82) is 0 Å². The molecule has 0 bridgehead atoms. The van der Waals surface area contributed by atoms with Crippen LogP contribution in [0.1, 0.15) is 362 Å². The van der Waals surface area contributed by atoms with Gasteiger partial charge in [-0.3, -0.25) is 4.79 Å². The van der Waals surface area contributed by atoms with E-state index in [4.69, 9.17) is 0 Å². The van der Waals surface area contributed by atoms with E-state index < -0.39 is 0 Å². The number of allylic oxidation sites excluding steroid dienone is 16. The maximum atomic E-state index is 14.8. The zero-order chi connectivity index (χ0) is 54.8. The summed E-state index contributed by atoms with van der Waals surface area (Å²) in [6.07, 6.45) is 104. The molecule has 0 N–H and O–H groups in total. The highest BCUT2D eigenvalue weighted by molar-refractivity contribution is 5.83. The van der Waals surface area contributed by atoms with Crippen molar-refractivity contribution >= 4 is 5.78 Å². The van der Waals surface area contributed by atoms with E-state index in [1.165, 1.54) is 283 Å². The van der Waals surface area contributed by atoms with E-state index in [9.17, 15) is 4.79 Å². The first kappa shape index (κ1) is 73.6. The summed E-state index contributed by atoms with van der Waals surface area (Å²) in [5, 5.41) is 0. The smallest absolute Gasteiger partial charge is 0.139 e. The SMILES string of the molecule is CCCCC/C=C\C/C=C\CCCCCCCCC(CCCCCCCC/C=C\C/C=C\CCCCC)C(=O)C(CCCCCCCC/C=C\C/C=C\CCCCC)CCCCCCCC/C=C\C/C=C\CCCCC. The average molecular weight is 1050 g/mol. The van der Waals surface area contributed by atoms with Gasteiger partial charge in [0.1, 0.15) is 5.78 Å². The Morgan fingerprint density at radius 3 is 0.553 bits per heavy atom. The molecule has 0 atom stereocenters. The van der Waals surface area contributed by atoms with E-state index >= 15 is 0 Å². The Labute approximate surface area is 478 Å². The summed E-state index contributed by atoms with van der Waals surface area (Å²) < 4.78 is 0. The maximum absolute atomic E-state index is 14.8. The standard InChI is InChI=1S/C75H134O/c1-5-9-13-17-21-25-29-33-37-41-45-49-53-57-61-65-69-73(70-66-62-58-54-50-46-42-38-34-30-26-22-18-14-10-6-2)75(76)74(71-67-63-59-55-51-47-43-39-35-31-27-23-19-15-11-7-3)72-68-64-60-56-52-48-44-40-36-32-28-24-20-16-12-8-4/h21-28,33-40,73-74H,5-20,29-32,41-72H2,1-4H3/b25-21-,26-22-,27-23-,28-24-,37-33-,38-34-,39-35-,40-36-. The second-order valence-electron chi connectivity index (χ2n) is 23.3. The highest BCUT2D eigenvalue weighted by Gasteiger charge is 2.26. The fraction of sp³-hybridized carbons (Fsp3) is 0.773. The molecule has 0 radical (unpaired) electrons. The van der Waals surface area contributed by atoms with Crippen molar-refractivity contribution in [2.24, 2.45) is 11.8 Å². The fourth-order valence-electron chi connectivity index (χ4n) is 10.7. The summed E-state index contributed by atoms with van der Waals surface area (Å²) in [7, 11) is 0. The molecule has 0 aliphatic rings. The van der Waals surface area contributed by atoms with Crippen LogP contribution in [0.4, 0.5) is 0 Å². The summed E-state index contributed by atoms with van der Waals surface area (Å²) in [5.74, 6) is 1.25. The Morgan fingerprint density at radius 1 is 0.211 bits per heavy atom. The summed E-state index contributed by atoms with van der Waals surface area (Å²) in [4.78, 5) is 14.8. The van der Waals surface area contributed by atoms with Gasteiger partial charge in [-0.1, -0.05) is 305 Å². The molecule has 440 valence electrons. The third-order valence-electron chi connectivity index (χ3n) is 15.8. The lowest BCUT2D eigenvalue weighted by molar-refractivity contribution is -0.128. The number of rotatable bonds is 62. The van der Waals surface area contributed by atoms with Crippen LogP contribution < -0.4 is 0 Å². The van der Waals surface area contributed by atoms with Crippen molar-refractivity contribution in [3.05, 3.63) is 97.2 Å². The van der Waals surface area contributed by atoms with Crippen LogP contribution in [-0.2, 0) is 4.79 Å². The molecule has 1 nitrogen and oxygen atoms in total. The Balaban J connectivity index is 5.21. The molecule has 0 aromatic carbocycles. The van der Waals surface area contributed by atoms with Gasteiger partial charge in [-0.05, 0) is 154 Å². The highest BCUT2D eigenvalue weighted by atomic mass is 16.1. The average Bonchev–Trinajstić information content (AvgIpc) is 3.43. The van der Waals surface area contributed by atoms with Gasteiger partial charge in [0.15, 0.2) is 0 Å². The van der Waals surface area contributed by atoms with Crippen LogP contribution in [-0.4, -0.2) is 5.78 Å². The molecule has 0 aromatic heterocycles. The van der Waals surface area contributed by atoms with Crippen molar-refractivity contribution in [3.8, 4) is 0 Å². The van der Waals surface area contributed by atoms with Gasteiger partial charge in [0.2, 0.25) is 0 Å². The Bertz CT molecular complexity index is 1170.